The Labute approximate surface area is 227 Å². The summed E-state index contributed by atoms with van der Waals surface area (Å²) in [5.41, 5.74) is 5.26. The molecule has 0 atom stereocenters. The van der Waals surface area contributed by atoms with Crippen molar-refractivity contribution in [2.24, 2.45) is 5.10 Å². The van der Waals surface area contributed by atoms with Crippen LogP contribution >= 0.6 is 11.6 Å². The van der Waals surface area contributed by atoms with Crippen molar-refractivity contribution in [2.45, 2.75) is 18.4 Å². The first-order valence-electron chi connectivity index (χ1n) is 11.8. The van der Waals surface area contributed by atoms with Gasteiger partial charge in [0.05, 0.1) is 16.8 Å². The van der Waals surface area contributed by atoms with Crippen LogP contribution in [0.4, 0.5) is 5.69 Å². The van der Waals surface area contributed by atoms with Gasteiger partial charge in [-0.05, 0) is 72.1 Å². The fraction of sp³-hybridized carbons (Fsp3) is 0.103. The van der Waals surface area contributed by atoms with Crippen LogP contribution in [-0.4, -0.2) is 27.1 Å². The molecule has 194 valence electrons. The molecule has 0 saturated carbocycles. The molecule has 4 rings (SSSR count). The summed E-state index contributed by atoms with van der Waals surface area (Å²) in [6, 6.07) is 29.8. The minimum absolute atomic E-state index is 0.0579. The number of amides is 1. The van der Waals surface area contributed by atoms with E-state index in [1.165, 1.54) is 24.4 Å². The number of anilines is 1. The smallest absolute Gasteiger partial charge is 0.264 e. The molecule has 0 radical (unpaired) electrons. The van der Waals surface area contributed by atoms with E-state index in [1.807, 2.05) is 37.3 Å². The second kappa shape index (κ2) is 12.4. The number of nitrogens with one attached hydrogen (secondary N) is 1. The standard InChI is InChI=1S/C29H26ClN3O4S/c1-22-12-15-25(18-28(22)30)33(38(35,36)27-10-6-3-7-11-27)20-29(34)32-31-19-23-13-16-26(17-14-23)37-21-24-8-4-2-5-9-24/h2-19H,20-21H2,1H3,(H,32,34)/b31-19+. The number of hydrazone groups is 1. The van der Waals surface area contributed by atoms with Crippen molar-refractivity contribution in [3.8, 4) is 5.75 Å². The number of benzene rings is 4. The lowest BCUT2D eigenvalue weighted by atomic mass is 10.2. The van der Waals surface area contributed by atoms with Crippen LogP contribution in [0.25, 0.3) is 0 Å². The van der Waals surface area contributed by atoms with E-state index in [1.54, 1.807) is 54.6 Å². The lowest BCUT2D eigenvalue weighted by Crippen LogP contribution is -2.39. The van der Waals surface area contributed by atoms with Gasteiger partial charge in [0.15, 0.2) is 0 Å². The van der Waals surface area contributed by atoms with E-state index in [-0.39, 0.29) is 10.6 Å². The Bertz CT molecular complexity index is 1510. The van der Waals surface area contributed by atoms with Crippen LogP contribution in [0.1, 0.15) is 16.7 Å². The average molecular weight is 548 g/mol. The van der Waals surface area contributed by atoms with Crippen LogP contribution in [0, 0.1) is 6.92 Å². The van der Waals surface area contributed by atoms with Gasteiger partial charge in [0.25, 0.3) is 15.9 Å². The highest BCUT2D eigenvalue weighted by Gasteiger charge is 2.27. The maximum Gasteiger partial charge on any atom is 0.264 e. The number of nitrogens with zero attached hydrogens (tertiary/aromatic N) is 2. The first kappa shape index (κ1) is 26.9. The quantitative estimate of drug-likeness (QED) is 0.207. The predicted octanol–water partition coefficient (Wildman–Crippen LogP) is 5.57. The number of rotatable bonds is 10. The van der Waals surface area contributed by atoms with Crippen molar-refractivity contribution in [1.82, 2.24) is 5.43 Å². The maximum absolute atomic E-state index is 13.4. The molecule has 0 aliphatic rings. The molecule has 0 fully saturated rings. The van der Waals surface area contributed by atoms with Crippen molar-refractivity contribution in [3.05, 3.63) is 125 Å². The fourth-order valence-corrected chi connectivity index (χ4v) is 5.12. The minimum Gasteiger partial charge on any atom is -0.489 e. The number of sulfonamides is 1. The van der Waals surface area contributed by atoms with Gasteiger partial charge in [0.2, 0.25) is 0 Å². The van der Waals surface area contributed by atoms with Crippen molar-refractivity contribution in [3.63, 3.8) is 0 Å². The Morgan fingerprint density at radius 1 is 0.947 bits per heavy atom. The van der Waals surface area contributed by atoms with Gasteiger partial charge >= 0.3 is 0 Å². The summed E-state index contributed by atoms with van der Waals surface area (Å²) < 4.78 is 33.6. The first-order valence-corrected chi connectivity index (χ1v) is 13.6. The molecular formula is C29H26ClN3O4S. The zero-order chi connectivity index (χ0) is 27.0. The van der Waals surface area contributed by atoms with Gasteiger partial charge in [-0.2, -0.15) is 5.10 Å². The average Bonchev–Trinajstić information content (AvgIpc) is 2.94. The molecule has 1 N–H and O–H groups in total. The molecule has 4 aromatic carbocycles. The normalized spacial score (nSPS) is 11.3. The monoisotopic (exact) mass is 547 g/mol. The molecule has 0 spiro atoms. The fourth-order valence-electron chi connectivity index (χ4n) is 3.51. The summed E-state index contributed by atoms with van der Waals surface area (Å²) in [4.78, 5) is 12.8. The van der Waals surface area contributed by atoms with Crippen molar-refractivity contribution in [2.75, 3.05) is 10.8 Å². The molecule has 9 heteroatoms. The molecule has 0 heterocycles. The van der Waals surface area contributed by atoms with Crippen LogP contribution < -0.4 is 14.5 Å². The number of hydrogen-bond acceptors (Lipinski definition) is 5. The van der Waals surface area contributed by atoms with Crippen LogP contribution in [-0.2, 0) is 21.4 Å². The summed E-state index contributed by atoms with van der Waals surface area (Å²) in [6.07, 6.45) is 1.47. The van der Waals surface area contributed by atoms with Crippen molar-refractivity contribution < 1.29 is 17.9 Å². The Morgan fingerprint density at radius 2 is 1.61 bits per heavy atom. The van der Waals surface area contributed by atoms with E-state index in [0.29, 0.717) is 17.4 Å². The minimum atomic E-state index is -4.04. The largest absolute Gasteiger partial charge is 0.489 e. The molecule has 7 nitrogen and oxygen atoms in total. The van der Waals surface area contributed by atoms with E-state index in [2.05, 4.69) is 10.5 Å². The summed E-state index contributed by atoms with van der Waals surface area (Å²) >= 11 is 6.25. The summed E-state index contributed by atoms with van der Waals surface area (Å²) in [5.74, 6) is 0.0915. The number of carbonyl (C=O) groups is 1. The molecule has 4 aromatic rings. The highest BCUT2D eigenvalue weighted by atomic mass is 35.5. The highest BCUT2D eigenvalue weighted by Crippen LogP contribution is 2.28. The molecule has 0 aliphatic carbocycles. The van der Waals surface area contributed by atoms with E-state index in [9.17, 15) is 13.2 Å². The van der Waals surface area contributed by atoms with Crippen LogP contribution in [0.2, 0.25) is 5.02 Å². The summed E-state index contributed by atoms with van der Waals surface area (Å²) in [5, 5.41) is 4.38. The maximum atomic E-state index is 13.4. The lowest BCUT2D eigenvalue weighted by Gasteiger charge is -2.24. The number of aryl methyl sites for hydroxylation is 1. The molecule has 0 aliphatic heterocycles. The first-order chi connectivity index (χ1) is 18.3. The van der Waals surface area contributed by atoms with Gasteiger partial charge < -0.3 is 4.74 Å². The number of hydrogen-bond donors (Lipinski definition) is 1. The third kappa shape index (κ3) is 7.00. The Balaban J connectivity index is 1.42. The second-order valence-electron chi connectivity index (χ2n) is 8.39. The molecule has 0 saturated heterocycles. The van der Waals surface area contributed by atoms with Crippen molar-refractivity contribution >= 4 is 39.4 Å². The third-order valence-corrected chi connectivity index (χ3v) is 7.79. The molecular weight excluding hydrogens is 522 g/mol. The zero-order valence-corrected chi connectivity index (χ0v) is 22.2. The van der Waals surface area contributed by atoms with Gasteiger partial charge in [-0.15, -0.1) is 0 Å². The van der Waals surface area contributed by atoms with Crippen LogP contribution in [0.5, 0.6) is 5.75 Å². The number of halogens is 1. The van der Waals surface area contributed by atoms with E-state index < -0.39 is 22.5 Å². The molecule has 0 aromatic heterocycles. The number of carbonyl (C=O) groups excluding carboxylic acids is 1. The SMILES string of the molecule is Cc1ccc(N(CC(=O)N/N=C/c2ccc(OCc3ccccc3)cc2)S(=O)(=O)c2ccccc2)cc1Cl. The van der Waals surface area contributed by atoms with Gasteiger partial charge in [-0.1, -0.05) is 66.2 Å². The van der Waals surface area contributed by atoms with Crippen LogP contribution in [0.3, 0.4) is 0 Å². The highest BCUT2D eigenvalue weighted by molar-refractivity contribution is 7.92. The molecule has 0 unspecified atom stereocenters. The van der Waals surface area contributed by atoms with E-state index >= 15 is 0 Å². The predicted molar refractivity (Wildman–Crippen MR) is 150 cm³/mol. The van der Waals surface area contributed by atoms with Crippen molar-refractivity contribution in [1.29, 1.82) is 0 Å². The molecule has 1 amide bonds. The Hall–Kier alpha value is -4.14. The lowest BCUT2D eigenvalue weighted by molar-refractivity contribution is -0.119. The van der Waals surface area contributed by atoms with Gasteiger partial charge in [-0.25, -0.2) is 13.8 Å². The summed E-state index contributed by atoms with van der Waals surface area (Å²) in [6.45, 7) is 1.78. The molecule has 38 heavy (non-hydrogen) atoms. The Kier molecular flexibility index (Phi) is 8.78. The van der Waals surface area contributed by atoms with Gasteiger partial charge in [-0.3, -0.25) is 9.10 Å². The zero-order valence-electron chi connectivity index (χ0n) is 20.6. The van der Waals surface area contributed by atoms with E-state index in [0.717, 1.165) is 21.0 Å². The summed E-state index contributed by atoms with van der Waals surface area (Å²) in [7, 11) is -4.04. The Morgan fingerprint density at radius 3 is 2.26 bits per heavy atom. The van der Waals surface area contributed by atoms with Gasteiger partial charge in [0.1, 0.15) is 18.9 Å². The number of ether oxygens (including phenoxy) is 1. The topological polar surface area (TPSA) is 88.1 Å². The van der Waals surface area contributed by atoms with Gasteiger partial charge in [0, 0.05) is 5.02 Å². The van der Waals surface area contributed by atoms with Crippen LogP contribution in [0.15, 0.2) is 113 Å². The second-order valence-corrected chi connectivity index (χ2v) is 10.7. The van der Waals surface area contributed by atoms with E-state index in [4.69, 9.17) is 16.3 Å². The third-order valence-electron chi connectivity index (χ3n) is 5.59. The molecule has 0 bridgehead atoms.